The first kappa shape index (κ1) is 21.4. The summed E-state index contributed by atoms with van der Waals surface area (Å²) < 4.78 is 2.25. The molecule has 1 aromatic rings. The molecule has 1 fully saturated rings. The number of guanidine groups is 1. The monoisotopic (exact) mass is 476 g/mol. The van der Waals surface area contributed by atoms with Crippen LogP contribution in [0.25, 0.3) is 0 Å². The van der Waals surface area contributed by atoms with Gasteiger partial charge in [-0.05, 0) is 26.2 Å². The molecular formula is C18H33IN6O. The number of aromatic nitrogens is 3. The molecule has 2 heterocycles. The van der Waals surface area contributed by atoms with Crippen LogP contribution >= 0.6 is 24.0 Å². The van der Waals surface area contributed by atoms with Crippen LogP contribution < -0.4 is 10.6 Å². The molecular weight excluding hydrogens is 443 g/mol. The molecule has 3 rings (SSSR count). The fourth-order valence-electron chi connectivity index (χ4n) is 3.82. The van der Waals surface area contributed by atoms with E-state index in [4.69, 9.17) is 0 Å². The van der Waals surface area contributed by atoms with Gasteiger partial charge >= 0.3 is 0 Å². The summed E-state index contributed by atoms with van der Waals surface area (Å²) in [6.07, 6.45) is 5.88. The fraction of sp³-hybridized carbons (Fsp3) is 0.833. The minimum Gasteiger partial charge on any atom is -0.388 e. The van der Waals surface area contributed by atoms with Crippen molar-refractivity contribution in [2.24, 2.45) is 4.99 Å². The topological polar surface area (TPSA) is 87.4 Å². The van der Waals surface area contributed by atoms with Crippen molar-refractivity contribution < 1.29 is 5.11 Å². The molecule has 148 valence electrons. The van der Waals surface area contributed by atoms with Crippen LogP contribution in [0.3, 0.4) is 0 Å². The van der Waals surface area contributed by atoms with Crippen LogP contribution in [0.1, 0.15) is 70.4 Å². The normalized spacial score (nSPS) is 22.0. The molecule has 26 heavy (non-hydrogen) atoms. The van der Waals surface area contributed by atoms with Crippen LogP contribution in [0.2, 0.25) is 0 Å². The molecule has 0 spiro atoms. The molecule has 3 N–H and O–H groups in total. The standard InChI is InChI=1S/C18H32N6O.HI/c1-4-19-17(20-12-18(25)9-5-6-10-18)21-14-7-8-15-22-23-16(13(2)3)24(15)11-14;/h13-14,25H,4-12H2,1-3H3,(H2,19,20,21);1H. The molecule has 1 atom stereocenters. The highest BCUT2D eigenvalue weighted by Gasteiger charge is 2.31. The van der Waals surface area contributed by atoms with E-state index in [1.165, 1.54) is 0 Å². The molecule has 0 saturated heterocycles. The van der Waals surface area contributed by atoms with Gasteiger partial charge in [-0.25, -0.2) is 0 Å². The summed E-state index contributed by atoms with van der Waals surface area (Å²) >= 11 is 0. The van der Waals surface area contributed by atoms with Gasteiger partial charge in [0.25, 0.3) is 0 Å². The van der Waals surface area contributed by atoms with Crippen molar-refractivity contribution in [3.05, 3.63) is 11.6 Å². The second-order valence-corrected chi connectivity index (χ2v) is 7.75. The summed E-state index contributed by atoms with van der Waals surface area (Å²) in [7, 11) is 0. The Morgan fingerprint density at radius 2 is 2.08 bits per heavy atom. The van der Waals surface area contributed by atoms with E-state index in [1.54, 1.807) is 0 Å². The highest BCUT2D eigenvalue weighted by atomic mass is 127. The molecule has 0 bridgehead atoms. The van der Waals surface area contributed by atoms with E-state index in [0.717, 1.165) is 69.2 Å². The maximum atomic E-state index is 10.5. The fourth-order valence-corrected chi connectivity index (χ4v) is 3.82. The Hall–Kier alpha value is -0.900. The highest BCUT2D eigenvalue weighted by molar-refractivity contribution is 14.0. The van der Waals surface area contributed by atoms with Crippen LogP contribution in [0, 0.1) is 0 Å². The van der Waals surface area contributed by atoms with Crippen LogP contribution in [-0.4, -0.2) is 50.6 Å². The van der Waals surface area contributed by atoms with Gasteiger partial charge in [-0.1, -0.05) is 26.7 Å². The molecule has 0 aromatic carbocycles. The molecule has 1 aliphatic carbocycles. The Bertz CT molecular complexity index is 609. The Balaban J connectivity index is 0.00000243. The zero-order chi connectivity index (χ0) is 17.9. The molecule has 1 aliphatic heterocycles. The first-order chi connectivity index (χ1) is 12.0. The first-order valence-electron chi connectivity index (χ1n) is 9.70. The molecule has 8 heteroatoms. The second-order valence-electron chi connectivity index (χ2n) is 7.75. The maximum absolute atomic E-state index is 10.5. The number of rotatable bonds is 5. The second kappa shape index (κ2) is 9.34. The lowest BCUT2D eigenvalue weighted by Gasteiger charge is -2.28. The van der Waals surface area contributed by atoms with E-state index in [-0.39, 0.29) is 24.0 Å². The lowest BCUT2D eigenvalue weighted by atomic mass is 10.0. The zero-order valence-corrected chi connectivity index (χ0v) is 18.5. The average molecular weight is 476 g/mol. The molecule has 1 saturated carbocycles. The van der Waals surface area contributed by atoms with E-state index in [9.17, 15) is 5.11 Å². The van der Waals surface area contributed by atoms with Crippen molar-refractivity contribution in [2.45, 2.75) is 83.4 Å². The number of aryl methyl sites for hydroxylation is 1. The van der Waals surface area contributed by atoms with Gasteiger partial charge in [0.15, 0.2) is 5.96 Å². The number of nitrogens with one attached hydrogen (secondary N) is 2. The minimum absolute atomic E-state index is 0. The SMILES string of the molecule is CCNC(=NCC1(O)CCCC1)NC1CCc2nnc(C(C)C)n2C1.I. The minimum atomic E-state index is -0.610. The van der Waals surface area contributed by atoms with Crippen molar-refractivity contribution in [2.75, 3.05) is 13.1 Å². The quantitative estimate of drug-likeness (QED) is 0.345. The lowest BCUT2D eigenvalue weighted by Crippen LogP contribution is -2.47. The molecule has 2 aliphatic rings. The summed E-state index contributed by atoms with van der Waals surface area (Å²) in [6, 6.07) is 0.303. The Labute approximate surface area is 173 Å². The summed E-state index contributed by atoms with van der Waals surface area (Å²) in [6.45, 7) is 8.53. The molecule has 1 aromatic heterocycles. The van der Waals surface area contributed by atoms with Gasteiger partial charge < -0.3 is 20.3 Å². The number of aliphatic hydroxyl groups is 1. The summed E-state index contributed by atoms with van der Waals surface area (Å²) in [5, 5.41) is 26.1. The van der Waals surface area contributed by atoms with E-state index < -0.39 is 5.60 Å². The van der Waals surface area contributed by atoms with Crippen molar-refractivity contribution in [1.82, 2.24) is 25.4 Å². The van der Waals surface area contributed by atoms with Gasteiger partial charge in [0.1, 0.15) is 11.6 Å². The smallest absolute Gasteiger partial charge is 0.191 e. The Morgan fingerprint density at radius 1 is 1.35 bits per heavy atom. The average Bonchev–Trinajstić information content (AvgIpc) is 3.19. The number of aliphatic imine (C=N–C) groups is 1. The Morgan fingerprint density at radius 3 is 2.73 bits per heavy atom. The number of nitrogens with zero attached hydrogens (tertiary/aromatic N) is 4. The van der Waals surface area contributed by atoms with Crippen LogP contribution in [-0.2, 0) is 13.0 Å². The maximum Gasteiger partial charge on any atom is 0.191 e. The summed E-state index contributed by atoms with van der Waals surface area (Å²) in [5.74, 6) is 3.32. The lowest BCUT2D eigenvalue weighted by molar-refractivity contribution is 0.0574. The van der Waals surface area contributed by atoms with Crippen molar-refractivity contribution in [3.63, 3.8) is 0 Å². The van der Waals surface area contributed by atoms with Crippen LogP contribution in [0.4, 0.5) is 0 Å². The van der Waals surface area contributed by atoms with Gasteiger partial charge in [0, 0.05) is 31.5 Å². The molecule has 0 radical (unpaired) electrons. The van der Waals surface area contributed by atoms with Crippen LogP contribution in [0.5, 0.6) is 0 Å². The summed E-state index contributed by atoms with van der Waals surface area (Å²) in [5.41, 5.74) is -0.610. The third kappa shape index (κ3) is 5.09. The van der Waals surface area contributed by atoms with E-state index >= 15 is 0 Å². The predicted octanol–water partition coefficient (Wildman–Crippen LogP) is 2.19. The largest absolute Gasteiger partial charge is 0.388 e. The third-order valence-electron chi connectivity index (χ3n) is 5.24. The number of fused-ring (bicyclic) bond motifs is 1. The molecule has 7 nitrogen and oxygen atoms in total. The van der Waals surface area contributed by atoms with Gasteiger partial charge in [-0.15, -0.1) is 34.2 Å². The van der Waals surface area contributed by atoms with Gasteiger partial charge in [-0.2, -0.15) is 0 Å². The van der Waals surface area contributed by atoms with Gasteiger partial charge in [-0.3, -0.25) is 4.99 Å². The third-order valence-corrected chi connectivity index (χ3v) is 5.24. The highest BCUT2D eigenvalue weighted by Crippen LogP contribution is 2.29. The number of halogens is 1. The van der Waals surface area contributed by atoms with Crippen LogP contribution in [0.15, 0.2) is 4.99 Å². The van der Waals surface area contributed by atoms with Crippen molar-refractivity contribution in [3.8, 4) is 0 Å². The van der Waals surface area contributed by atoms with Crippen molar-refractivity contribution >= 4 is 29.9 Å². The van der Waals surface area contributed by atoms with Gasteiger partial charge in [0.2, 0.25) is 0 Å². The Kier molecular flexibility index (Phi) is 7.69. The zero-order valence-electron chi connectivity index (χ0n) is 16.2. The molecule has 0 amide bonds. The predicted molar refractivity (Wildman–Crippen MR) is 114 cm³/mol. The van der Waals surface area contributed by atoms with E-state index in [0.29, 0.717) is 18.5 Å². The summed E-state index contributed by atoms with van der Waals surface area (Å²) in [4.78, 5) is 4.67. The van der Waals surface area contributed by atoms with E-state index in [2.05, 4.69) is 51.2 Å². The first-order valence-corrected chi connectivity index (χ1v) is 9.70. The molecule has 1 unspecified atom stereocenters. The van der Waals surface area contributed by atoms with Crippen molar-refractivity contribution in [1.29, 1.82) is 0 Å². The van der Waals surface area contributed by atoms with Gasteiger partial charge in [0.05, 0.1) is 12.1 Å². The number of hydrogen-bond acceptors (Lipinski definition) is 4. The van der Waals surface area contributed by atoms with E-state index in [1.807, 2.05) is 0 Å². The number of hydrogen-bond donors (Lipinski definition) is 3.